The molecule has 3 fully saturated rings. The third kappa shape index (κ3) is 4.81. The van der Waals surface area contributed by atoms with E-state index in [4.69, 9.17) is 4.74 Å². The molecule has 200 valence electrons. The minimum atomic E-state index is -0.920. The van der Waals surface area contributed by atoms with E-state index in [0.29, 0.717) is 31.5 Å². The first-order chi connectivity index (χ1) is 18.1. The van der Waals surface area contributed by atoms with Crippen molar-refractivity contribution >= 4 is 17.9 Å². The number of nitrogens with one attached hydrogen (secondary N) is 1. The highest BCUT2D eigenvalue weighted by molar-refractivity contribution is 5.88. The zero-order valence-electron chi connectivity index (χ0n) is 22.1. The molecular weight excluding hydrogens is 484 g/mol. The van der Waals surface area contributed by atoms with Gasteiger partial charge in [0.25, 0.3) is 0 Å². The van der Waals surface area contributed by atoms with Gasteiger partial charge in [0.1, 0.15) is 17.7 Å². The van der Waals surface area contributed by atoms with Crippen molar-refractivity contribution in [2.24, 2.45) is 0 Å². The number of aryl methyl sites for hydroxylation is 1. The Balaban J connectivity index is 1.31. The molecule has 10 nitrogen and oxygen atoms in total. The van der Waals surface area contributed by atoms with E-state index < -0.39 is 23.8 Å². The van der Waals surface area contributed by atoms with Crippen LogP contribution in [0.25, 0.3) is 0 Å². The van der Waals surface area contributed by atoms with Crippen LogP contribution in [0.3, 0.4) is 0 Å². The fourth-order valence-electron chi connectivity index (χ4n) is 6.49. The lowest BCUT2D eigenvalue weighted by Crippen LogP contribution is -2.59. The molecule has 10 heteroatoms. The van der Waals surface area contributed by atoms with Crippen LogP contribution in [0.1, 0.15) is 69.2 Å². The number of hydrogen-bond acceptors (Lipinski definition) is 7. The first kappa shape index (κ1) is 26.0. The third-order valence-electron chi connectivity index (χ3n) is 8.06. The molecule has 2 bridgehead atoms. The minimum absolute atomic E-state index is 0.000645. The SMILES string of the molecule is CC(C)(C)OC(=O)N[C@@H](CN1CC2C[C@H]1C(=O)N2[C@H]1CCc2cc(C#N)ccc21)C(=O)N1CCC[C@H]1C#N. The molecule has 0 aromatic heterocycles. The summed E-state index contributed by atoms with van der Waals surface area (Å²) in [6.45, 7) is 6.52. The number of carbonyl (C=O) groups excluding carboxylic acids is 3. The lowest BCUT2D eigenvalue weighted by atomic mass is 10.0. The van der Waals surface area contributed by atoms with Crippen LogP contribution in [0.5, 0.6) is 0 Å². The topological polar surface area (TPSA) is 130 Å². The van der Waals surface area contributed by atoms with Gasteiger partial charge >= 0.3 is 6.09 Å². The molecule has 3 saturated heterocycles. The van der Waals surface area contributed by atoms with Crippen molar-refractivity contribution in [1.29, 1.82) is 10.5 Å². The van der Waals surface area contributed by atoms with E-state index in [-0.39, 0.29) is 36.5 Å². The molecular formula is C28H34N6O4. The Bertz CT molecular complexity index is 1230. The van der Waals surface area contributed by atoms with Crippen molar-refractivity contribution in [3.05, 3.63) is 34.9 Å². The third-order valence-corrected chi connectivity index (χ3v) is 8.06. The molecule has 1 aliphatic carbocycles. The predicted molar refractivity (Wildman–Crippen MR) is 136 cm³/mol. The molecule has 3 heterocycles. The number of carbonyl (C=O) groups is 3. The van der Waals surface area contributed by atoms with Crippen molar-refractivity contribution in [2.75, 3.05) is 19.6 Å². The van der Waals surface area contributed by atoms with Crippen LogP contribution >= 0.6 is 0 Å². The Morgan fingerprint density at radius 2 is 2.00 bits per heavy atom. The van der Waals surface area contributed by atoms with E-state index in [1.807, 2.05) is 28.0 Å². The molecule has 1 N–H and O–H groups in total. The molecule has 3 amide bonds. The number of nitriles is 2. The highest BCUT2D eigenvalue weighted by Gasteiger charge is 2.53. The first-order valence-electron chi connectivity index (χ1n) is 13.4. The summed E-state index contributed by atoms with van der Waals surface area (Å²) < 4.78 is 5.42. The van der Waals surface area contributed by atoms with Gasteiger partial charge in [-0.25, -0.2) is 4.79 Å². The van der Waals surface area contributed by atoms with Gasteiger partial charge in [0.2, 0.25) is 11.8 Å². The highest BCUT2D eigenvalue weighted by atomic mass is 16.6. The van der Waals surface area contributed by atoms with Crippen molar-refractivity contribution in [3.8, 4) is 12.1 Å². The second kappa shape index (κ2) is 9.92. The van der Waals surface area contributed by atoms with Crippen LogP contribution in [0.2, 0.25) is 0 Å². The van der Waals surface area contributed by atoms with Crippen molar-refractivity contribution < 1.29 is 19.1 Å². The van der Waals surface area contributed by atoms with Crippen LogP contribution in [-0.4, -0.2) is 82.0 Å². The van der Waals surface area contributed by atoms with E-state index in [1.165, 1.54) is 4.90 Å². The van der Waals surface area contributed by atoms with Crippen molar-refractivity contribution in [1.82, 2.24) is 20.0 Å². The molecule has 1 aromatic carbocycles. The van der Waals surface area contributed by atoms with Crippen molar-refractivity contribution in [2.45, 2.75) is 88.7 Å². The summed E-state index contributed by atoms with van der Waals surface area (Å²) >= 11 is 0. The largest absolute Gasteiger partial charge is 0.444 e. The summed E-state index contributed by atoms with van der Waals surface area (Å²) in [6.07, 6.45) is 3.02. The molecule has 38 heavy (non-hydrogen) atoms. The van der Waals surface area contributed by atoms with Crippen LogP contribution in [0.4, 0.5) is 4.79 Å². The second-order valence-electron chi connectivity index (χ2n) is 11.7. The molecule has 5 atom stereocenters. The maximum atomic E-state index is 13.6. The second-order valence-corrected chi connectivity index (χ2v) is 11.7. The zero-order valence-corrected chi connectivity index (χ0v) is 22.1. The normalized spacial score (nSPS) is 27.1. The summed E-state index contributed by atoms with van der Waals surface area (Å²) in [5.41, 5.74) is 2.16. The quantitative estimate of drug-likeness (QED) is 0.633. The highest BCUT2D eigenvalue weighted by Crippen LogP contribution is 2.44. The Labute approximate surface area is 223 Å². The Kier molecular flexibility index (Phi) is 6.79. The smallest absolute Gasteiger partial charge is 0.408 e. The summed E-state index contributed by atoms with van der Waals surface area (Å²) in [5.74, 6) is -0.270. The molecule has 4 aliphatic rings. The number of rotatable bonds is 5. The van der Waals surface area contributed by atoms with Gasteiger partial charge in [-0.05, 0) is 76.1 Å². The Morgan fingerprint density at radius 3 is 2.68 bits per heavy atom. The first-order valence-corrected chi connectivity index (χ1v) is 13.4. The van der Waals surface area contributed by atoms with Gasteiger partial charge in [0.15, 0.2) is 0 Å². The van der Waals surface area contributed by atoms with Gasteiger partial charge in [-0.3, -0.25) is 14.5 Å². The number of alkyl carbamates (subject to hydrolysis) is 1. The molecule has 1 aromatic rings. The lowest BCUT2D eigenvalue weighted by molar-refractivity contribution is -0.141. The number of likely N-dealkylation sites (tertiary alicyclic amines) is 3. The molecule has 5 rings (SSSR count). The van der Waals surface area contributed by atoms with E-state index in [0.717, 1.165) is 30.4 Å². The minimum Gasteiger partial charge on any atom is -0.444 e. The fraction of sp³-hybridized carbons (Fsp3) is 0.607. The summed E-state index contributed by atoms with van der Waals surface area (Å²) in [5, 5.41) is 21.5. The van der Waals surface area contributed by atoms with E-state index in [9.17, 15) is 24.9 Å². The summed E-state index contributed by atoms with van der Waals surface area (Å²) in [6, 6.07) is 8.32. The Morgan fingerprint density at radius 1 is 1.21 bits per heavy atom. The van der Waals surface area contributed by atoms with Crippen LogP contribution in [0, 0.1) is 22.7 Å². The Hall–Kier alpha value is -3.63. The number of fused-ring (bicyclic) bond motifs is 3. The summed E-state index contributed by atoms with van der Waals surface area (Å²) in [4.78, 5) is 45.3. The number of amides is 3. The lowest BCUT2D eigenvalue weighted by Gasteiger charge is -2.39. The molecule has 0 saturated carbocycles. The van der Waals surface area contributed by atoms with Crippen LogP contribution in [-0.2, 0) is 20.7 Å². The number of hydrogen-bond donors (Lipinski definition) is 1. The number of piperazine rings is 1. The molecule has 1 unspecified atom stereocenters. The number of nitrogens with zero attached hydrogens (tertiary/aromatic N) is 5. The standard InChI is InChI=1S/C28H34N6O4/c1-28(2,3)38-27(37)31-22(25(35)33-10-4-5-19(33)14-30)16-32-15-20-12-24(32)26(36)34(20)23-9-7-18-11-17(13-29)6-8-21(18)23/h6,8,11,19-20,22-24H,4-5,7,9-10,12,15-16H2,1-3H3,(H,31,37)/t19-,20?,22-,23-,24-/m0/s1. The van der Waals surface area contributed by atoms with E-state index >= 15 is 0 Å². The van der Waals surface area contributed by atoms with E-state index in [2.05, 4.69) is 17.5 Å². The van der Waals surface area contributed by atoms with Gasteiger partial charge in [0.05, 0.1) is 29.8 Å². The summed E-state index contributed by atoms with van der Waals surface area (Å²) in [7, 11) is 0. The van der Waals surface area contributed by atoms with Crippen LogP contribution < -0.4 is 5.32 Å². The fourth-order valence-corrected chi connectivity index (χ4v) is 6.49. The van der Waals surface area contributed by atoms with Gasteiger partial charge < -0.3 is 19.9 Å². The van der Waals surface area contributed by atoms with E-state index in [1.54, 1.807) is 20.8 Å². The number of benzene rings is 1. The zero-order chi connectivity index (χ0) is 27.2. The molecule has 0 radical (unpaired) electrons. The predicted octanol–water partition coefficient (Wildman–Crippen LogP) is 2.24. The van der Waals surface area contributed by atoms with Gasteiger partial charge in [-0.1, -0.05) is 6.07 Å². The number of ether oxygens (including phenoxy) is 1. The van der Waals surface area contributed by atoms with Crippen molar-refractivity contribution in [3.63, 3.8) is 0 Å². The monoisotopic (exact) mass is 518 g/mol. The molecule has 0 spiro atoms. The average molecular weight is 519 g/mol. The molecule has 3 aliphatic heterocycles. The van der Waals surface area contributed by atoms with Gasteiger partial charge in [-0.2, -0.15) is 10.5 Å². The maximum absolute atomic E-state index is 13.6. The maximum Gasteiger partial charge on any atom is 0.408 e. The van der Waals surface area contributed by atoms with Gasteiger partial charge in [-0.15, -0.1) is 0 Å². The van der Waals surface area contributed by atoms with Crippen LogP contribution in [0.15, 0.2) is 18.2 Å². The van der Waals surface area contributed by atoms with Gasteiger partial charge in [0, 0.05) is 25.7 Å². The average Bonchev–Trinajstić information content (AvgIpc) is 3.64.